The van der Waals surface area contributed by atoms with Crippen LogP contribution in [0.5, 0.6) is 23.0 Å². The molecule has 326 valence electrons. The molecule has 0 aliphatic carbocycles. The molecule has 20 nitrogen and oxygen atoms in total. The lowest BCUT2D eigenvalue weighted by Gasteiger charge is -2.45. The third kappa shape index (κ3) is 8.79. The Morgan fingerprint density at radius 3 is 1.95 bits per heavy atom. The summed E-state index contributed by atoms with van der Waals surface area (Å²) in [7, 11) is 1.43. The van der Waals surface area contributed by atoms with Gasteiger partial charge in [0.05, 0.1) is 26.4 Å². The van der Waals surface area contributed by atoms with Crippen LogP contribution in [0, 0.1) is 0 Å². The van der Waals surface area contributed by atoms with Crippen molar-refractivity contribution in [2.45, 2.75) is 119 Å². The summed E-state index contributed by atoms with van der Waals surface area (Å²) in [6, 6.07) is 7.12. The highest BCUT2D eigenvalue weighted by Crippen LogP contribution is 2.42. The van der Waals surface area contributed by atoms with Crippen molar-refractivity contribution >= 4 is 11.0 Å². The van der Waals surface area contributed by atoms with Gasteiger partial charge in [0.1, 0.15) is 95.4 Å². The van der Waals surface area contributed by atoms with E-state index in [1.54, 1.807) is 32.1 Å². The molecule has 4 heterocycles. The molecule has 1 aromatic heterocycles. The van der Waals surface area contributed by atoms with Gasteiger partial charge in [0, 0.05) is 17.2 Å². The number of aromatic hydroxyl groups is 1. The van der Waals surface area contributed by atoms with Gasteiger partial charge in [0.2, 0.25) is 23.8 Å². The molecular formula is C39H50O20. The largest absolute Gasteiger partial charge is 0.507 e. The van der Waals surface area contributed by atoms with E-state index in [1.165, 1.54) is 26.2 Å². The van der Waals surface area contributed by atoms with Crippen LogP contribution in [0.1, 0.15) is 26.3 Å². The summed E-state index contributed by atoms with van der Waals surface area (Å²) in [5.74, 6) is -1.41. The van der Waals surface area contributed by atoms with Crippen LogP contribution < -0.4 is 19.6 Å². The standard InChI is InChI=1S/C39H50O20/c1-14(2)5-10-18-20(54-38-31(50)29(48)25(44)21(12-40)55-38)11-19(42)23-27(46)36(33(57-34(18)23)16-6-8-17(52-4)9-7-16)59-39-32(51)35(26(45)22(13-41)56-39)58-37-30(49)28(47)24(43)15(3)53-37/h5-9,11,15,21-22,24-26,28-32,35,37-45,47-51H,10,12-13H2,1-4H3/t15-,21-,22+,24-,25-,26+,28+,29+,30-,31-,32-,35-,37+,38-,39+/m1/s1. The minimum Gasteiger partial charge on any atom is -0.507 e. The summed E-state index contributed by atoms with van der Waals surface area (Å²) in [6.07, 6.45) is -23.4. The Morgan fingerprint density at radius 2 is 1.34 bits per heavy atom. The minimum absolute atomic E-state index is 0.00393. The Morgan fingerprint density at radius 1 is 0.746 bits per heavy atom. The molecule has 0 spiro atoms. The van der Waals surface area contributed by atoms with E-state index in [4.69, 9.17) is 37.6 Å². The monoisotopic (exact) mass is 838 g/mol. The number of ether oxygens (including phenoxy) is 7. The summed E-state index contributed by atoms with van der Waals surface area (Å²) in [4.78, 5) is 14.7. The highest BCUT2D eigenvalue weighted by atomic mass is 16.7. The fraction of sp³-hybridized carbons (Fsp3) is 0.564. The average Bonchev–Trinajstić information content (AvgIpc) is 3.21. The van der Waals surface area contributed by atoms with E-state index in [0.29, 0.717) is 5.75 Å². The Labute approximate surface area is 336 Å². The SMILES string of the molecule is COc1ccc(-c2oc3c(CC=C(C)C)c(O[C@@H]4O[C@H](CO)[C@@H](O)[C@H](O)[C@H]4O)cc(O)c3c(=O)c2O[C@@H]2O[C@@H](CO)[C@H](O)[C@@H](O[C@@H]3O[C@H](C)[C@@H](O)[C@H](O)[C@H]3O)[C@H]2O)cc1. The van der Waals surface area contributed by atoms with Crippen molar-refractivity contribution in [3.63, 3.8) is 0 Å². The van der Waals surface area contributed by atoms with Crippen LogP contribution in [0.4, 0.5) is 0 Å². The summed E-state index contributed by atoms with van der Waals surface area (Å²) in [6.45, 7) is 3.38. The zero-order chi connectivity index (χ0) is 43.0. The molecule has 0 amide bonds. The van der Waals surface area contributed by atoms with Crippen molar-refractivity contribution in [1.29, 1.82) is 0 Å². The van der Waals surface area contributed by atoms with Crippen LogP contribution in [0.15, 0.2) is 51.2 Å². The molecule has 59 heavy (non-hydrogen) atoms. The number of fused-ring (bicyclic) bond motifs is 1. The first-order valence-corrected chi connectivity index (χ1v) is 18.8. The van der Waals surface area contributed by atoms with Crippen LogP contribution in [0.25, 0.3) is 22.3 Å². The smallest absolute Gasteiger partial charge is 0.239 e. The van der Waals surface area contributed by atoms with Crippen molar-refractivity contribution < 1.29 is 93.7 Å². The van der Waals surface area contributed by atoms with Crippen LogP contribution in [-0.2, 0) is 25.4 Å². The van der Waals surface area contributed by atoms with Crippen LogP contribution in [-0.4, -0.2) is 169 Å². The Hall–Kier alpha value is -3.97. The highest BCUT2D eigenvalue weighted by molar-refractivity contribution is 5.91. The molecule has 0 radical (unpaired) electrons. The number of hydrogen-bond acceptors (Lipinski definition) is 20. The first kappa shape index (κ1) is 44.6. The number of allylic oxidation sites excluding steroid dienone is 2. The normalized spacial score (nSPS) is 35.0. The molecule has 15 atom stereocenters. The molecule has 3 fully saturated rings. The minimum atomic E-state index is -2.00. The number of phenolic OH excluding ortho intramolecular Hbond substituents is 1. The molecule has 11 N–H and O–H groups in total. The number of benzene rings is 2. The zero-order valence-electron chi connectivity index (χ0n) is 32.3. The van der Waals surface area contributed by atoms with Gasteiger partial charge in [-0.2, -0.15) is 0 Å². The molecule has 3 aliphatic rings. The molecule has 3 saturated heterocycles. The van der Waals surface area contributed by atoms with Gasteiger partial charge in [-0.05, 0) is 51.5 Å². The molecule has 6 rings (SSSR count). The van der Waals surface area contributed by atoms with Gasteiger partial charge in [-0.25, -0.2) is 0 Å². The van der Waals surface area contributed by atoms with Crippen LogP contribution >= 0.6 is 0 Å². The quantitative estimate of drug-likeness (QED) is 0.0870. The Balaban J connectivity index is 1.47. The van der Waals surface area contributed by atoms with Gasteiger partial charge in [0.25, 0.3) is 0 Å². The van der Waals surface area contributed by atoms with Gasteiger partial charge < -0.3 is 93.7 Å². The lowest BCUT2D eigenvalue weighted by Crippen LogP contribution is -2.64. The topological polar surface area (TPSA) is 317 Å². The lowest BCUT2D eigenvalue weighted by molar-refractivity contribution is -0.349. The molecule has 0 bridgehead atoms. The summed E-state index contributed by atoms with van der Waals surface area (Å²) < 4.78 is 46.2. The number of rotatable bonds is 12. The van der Waals surface area contributed by atoms with Crippen molar-refractivity contribution in [3.8, 4) is 34.3 Å². The first-order valence-electron chi connectivity index (χ1n) is 18.8. The molecule has 3 aliphatic heterocycles. The summed E-state index contributed by atoms with van der Waals surface area (Å²) in [5, 5.41) is 116. The van der Waals surface area contributed by atoms with Crippen molar-refractivity contribution in [2.75, 3.05) is 20.3 Å². The predicted molar refractivity (Wildman–Crippen MR) is 199 cm³/mol. The highest BCUT2D eigenvalue weighted by Gasteiger charge is 2.51. The van der Waals surface area contributed by atoms with Gasteiger partial charge in [0.15, 0.2) is 12.1 Å². The maximum atomic E-state index is 14.7. The Bertz CT molecular complexity index is 2000. The van der Waals surface area contributed by atoms with Crippen molar-refractivity contribution in [3.05, 3.63) is 57.8 Å². The van der Waals surface area contributed by atoms with E-state index in [1.807, 2.05) is 0 Å². The first-order chi connectivity index (χ1) is 28.0. The summed E-state index contributed by atoms with van der Waals surface area (Å²) in [5.41, 5.74) is -0.102. The zero-order valence-corrected chi connectivity index (χ0v) is 32.3. The molecule has 20 heteroatoms. The van der Waals surface area contributed by atoms with Gasteiger partial charge in [-0.15, -0.1) is 0 Å². The van der Waals surface area contributed by atoms with Crippen molar-refractivity contribution in [2.24, 2.45) is 0 Å². The third-order valence-electron chi connectivity index (χ3n) is 10.5. The van der Waals surface area contributed by atoms with E-state index in [2.05, 4.69) is 0 Å². The van der Waals surface area contributed by atoms with Crippen LogP contribution in [0.3, 0.4) is 0 Å². The number of aliphatic hydroxyl groups is 10. The second-order valence-electron chi connectivity index (χ2n) is 14.8. The van der Waals surface area contributed by atoms with E-state index >= 15 is 0 Å². The molecule has 0 saturated carbocycles. The Kier molecular flexibility index (Phi) is 13.9. The van der Waals surface area contributed by atoms with Gasteiger partial charge in [-0.3, -0.25) is 4.79 Å². The average molecular weight is 839 g/mol. The van der Waals surface area contributed by atoms with Gasteiger partial charge in [-0.1, -0.05) is 11.6 Å². The molecule has 2 aromatic carbocycles. The fourth-order valence-electron chi connectivity index (χ4n) is 7.00. The van der Waals surface area contributed by atoms with E-state index in [9.17, 15) is 61.0 Å². The lowest BCUT2D eigenvalue weighted by atomic mass is 9.97. The van der Waals surface area contributed by atoms with Gasteiger partial charge >= 0.3 is 0 Å². The number of aliphatic hydroxyl groups excluding tert-OH is 10. The van der Waals surface area contributed by atoms with E-state index in [-0.39, 0.29) is 34.6 Å². The van der Waals surface area contributed by atoms with Crippen LogP contribution in [0.2, 0.25) is 0 Å². The molecule has 0 unspecified atom stereocenters. The maximum Gasteiger partial charge on any atom is 0.239 e. The van der Waals surface area contributed by atoms with Crippen molar-refractivity contribution in [1.82, 2.24) is 0 Å². The van der Waals surface area contributed by atoms with E-state index < -0.39 is 128 Å². The number of hydrogen-bond donors (Lipinski definition) is 11. The second-order valence-corrected chi connectivity index (χ2v) is 14.8. The molecular weight excluding hydrogens is 788 g/mol. The fourth-order valence-corrected chi connectivity index (χ4v) is 7.00. The number of phenols is 1. The number of methoxy groups -OCH3 is 1. The third-order valence-corrected chi connectivity index (χ3v) is 10.5. The second kappa shape index (κ2) is 18.3. The maximum absolute atomic E-state index is 14.7. The summed E-state index contributed by atoms with van der Waals surface area (Å²) >= 11 is 0. The predicted octanol–water partition coefficient (Wildman–Crippen LogP) is -2.11. The molecule has 3 aromatic rings. The van der Waals surface area contributed by atoms with E-state index in [0.717, 1.165) is 11.6 Å².